The third kappa shape index (κ3) is 10.0. The maximum Gasteiger partial charge on any atom is 0.408 e. The summed E-state index contributed by atoms with van der Waals surface area (Å²) in [6.07, 6.45) is 4.30. The molecule has 2 rings (SSSR count). The standard InChI is InChI=1S/C28H39N3O7/c1-4-10-22(16-25(33)31-15-9-14-23(31)17-32)26(34)29-20(3)18-37-27(35)24(11-5-2)30-28(36)38-19-21-12-7-6-8-13-21/h4-8,12-13,20,22-24,32H,1-2,9-11,14-19H2,3H3,(H,29,34)(H,30,36)/t20-,22+,23-,24+/m0/s1. The number of amides is 3. The van der Waals surface area contributed by atoms with E-state index >= 15 is 0 Å². The average Bonchev–Trinajstić information content (AvgIpc) is 3.40. The van der Waals surface area contributed by atoms with Crippen LogP contribution in [0.5, 0.6) is 0 Å². The fraction of sp³-hybridized carbons (Fsp3) is 0.500. The van der Waals surface area contributed by atoms with Crippen molar-refractivity contribution in [2.45, 2.75) is 63.8 Å². The minimum atomic E-state index is -0.996. The summed E-state index contributed by atoms with van der Waals surface area (Å²) in [7, 11) is 0. The molecule has 3 amide bonds. The highest BCUT2D eigenvalue weighted by Crippen LogP contribution is 2.21. The van der Waals surface area contributed by atoms with Crippen LogP contribution in [-0.4, -0.2) is 71.8 Å². The Morgan fingerprint density at radius 3 is 2.47 bits per heavy atom. The third-order valence-corrected chi connectivity index (χ3v) is 6.21. The summed E-state index contributed by atoms with van der Waals surface area (Å²) in [4.78, 5) is 52.0. The monoisotopic (exact) mass is 529 g/mol. The summed E-state index contributed by atoms with van der Waals surface area (Å²) in [6.45, 7) is 9.35. The van der Waals surface area contributed by atoms with Gasteiger partial charge in [0.25, 0.3) is 0 Å². The normalized spacial score (nSPS) is 17.0. The molecule has 10 heteroatoms. The van der Waals surface area contributed by atoms with Crippen LogP contribution in [0.25, 0.3) is 0 Å². The average molecular weight is 530 g/mol. The number of aliphatic hydroxyl groups is 1. The molecule has 38 heavy (non-hydrogen) atoms. The molecule has 1 aliphatic rings. The maximum absolute atomic E-state index is 12.9. The van der Waals surface area contributed by atoms with Crippen LogP contribution in [0, 0.1) is 5.92 Å². The molecular weight excluding hydrogens is 490 g/mol. The number of ether oxygens (including phenoxy) is 2. The quantitative estimate of drug-likeness (QED) is 0.235. The Kier molecular flexibility index (Phi) is 13.1. The van der Waals surface area contributed by atoms with Gasteiger partial charge in [0.05, 0.1) is 24.6 Å². The van der Waals surface area contributed by atoms with E-state index < -0.39 is 30.1 Å². The minimum absolute atomic E-state index is 0.00270. The second-order valence-electron chi connectivity index (χ2n) is 9.31. The largest absolute Gasteiger partial charge is 0.462 e. The molecule has 0 bridgehead atoms. The van der Waals surface area contributed by atoms with Gasteiger partial charge in [-0.05, 0) is 38.2 Å². The zero-order chi connectivity index (χ0) is 27.9. The van der Waals surface area contributed by atoms with E-state index in [1.807, 2.05) is 30.3 Å². The molecule has 0 aliphatic carbocycles. The number of hydrogen-bond acceptors (Lipinski definition) is 7. The molecule has 0 unspecified atom stereocenters. The molecule has 3 N–H and O–H groups in total. The fourth-order valence-corrected chi connectivity index (χ4v) is 4.16. The van der Waals surface area contributed by atoms with Crippen molar-refractivity contribution in [3.8, 4) is 0 Å². The predicted molar refractivity (Wildman–Crippen MR) is 142 cm³/mol. The Hall–Kier alpha value is -3.66. The van der Waals surface area contributed by atoms with E-state index in [9.17, 15) is 24.3 Å². The fourth-order valence-electron chi connectivity index (χ4n) is 4.16. The second kappa shape index (κ2) is 16.2. The number of aliphatic hydroxyl groups excluding tert-OH is 1. The van der Waals surface area contributed by atoms with Crippen LogP contribution >= 0.6 is 0 Å². The van der Waals surface area contributed by atoms with Crippen molar-refractivity contribution in [3.63, 3.8) is 0 Å². The summed E-state index contributed by atoms with van der Waals surface area (Å²) in [5.41, 5.74) is 0.806. The molecule has 208 valence electrons. The molecule has 1 aliphatic heterocycles. The molecule has 0 aromatic heterocycles. The van der Waals surface area contributed by atoms with Crippen LogP contribution in [-0.2, 0) is 30.5 Å². The number of rotatable bonds is 15. The molecule has 1 heterocycles. The van der Waals surface area contributed by atoms with Gasteiger partial charge in [-0.1, -0.05) is 42.5 Å². The van der Waals surface area contributed by atoms with Gasteiger partial charge in [0, 0.05) is 13.0 Å². The second-order valence-corrected chi connectivity index (χ2v) is 9.31. The van der Waals surface area contributed by atoms with Gasteiger partial charge in [-0.15, -0.1) is 13.2 Å². The minimum Gasteiger partial charge on any atom is -0.462 e. The maximum atomic E-state index is 12.9. The zero-order valence-corrected chi connectivity index (χ0v) is 22.0. The lowest BCUT2D eigenvalue weighted by Gasteiger charge is -2.26. The van der Waals surface area contributed by atoms with Gasteiger partial charge in [0.1, 0.15) is 19.3 Å². The Bertz CT molecular complexity index is 953. The highest BCUT2D eigenvalue weighted by Gasteiger charge is 2.31. The van der Waals surface area contributed by atoms with E-state index in [4.69, 9.17) is 9.47 Å². The van der Waals surface area contributed by atoms with Crippen LogP contribution in [0.4, 0.5) is 4.79 Å². The van der Waals surface area contributed by atoms with Gasteiger partial charge >= 0.3 is 12.1 Å². The molecule has 1 saturated heterocycles. The predicted octanol–water partition coefficient (Wildman–Crippen LogP) is 2.47. The number of allylic oxidation sites excluding steroid dienone is 1. The SMILES string of the molecule is C=CC[C@H](CC(=O)N1CCC[C@H]1CO)C(=O)N[C@@H](C)COC(=O)[C@@H](CC=C)NC(=O)OCc1ccccc1. The van der Waals surface area contributed by atoms with E-state index in [2.05, 4.69) is 23.8 Å². The van der Waals surface area contributed by atoms with Crippen molar-refractivity contribution >= 4 is 23.9 Å². The summed E-state index contributed by atoms with van der Waals surface area (Å²) < 4.78 is 10.5. The lowest BCUT2D eigenvalue weighted by molar-refractivity contribution is -0.147. The zero-order valence-electron chi connectivity index (χ0n) is 22.0. The first-order valence-corrected chi connectivity index (χ1v) is 12.8. The number of carbonyl (C=O) groups excluding carboxylic acids is 4. The third-order valence-electron chi connectivity index (χ3n) is 6.21. The molecule has 0 saturated carbocycles. The highest BCUT2D eigenvalue weighted by atomic mass is 16.6. The van der Waals surface area contributed by atoms with E-state index in [1.54, 1.807) is 17.9 Å². The number of nitrogens with one attached hydrogen (secondary N) is 2. The summed E-state index contributed by atoms with van der Waals surface area (Å²) >= 11 is 0. The van der Waals surface area contributed by atoms with Crippen LogP contribution in [0.2, 0.25) is 0 Å². The van der Waals surface area contributed by atoms with Crippen LogP contribution in [0.3, 0.4) is 0 Å². The molecule has 1 aromatic rings. The van der Waals surface area contributed by atoms with Gasteiger partial charge in [0.15, 0.2) is 0 Å². The molecule has 0 radical (unpaired) electrons. The first-order valence-electron chi connectivity index (χ1n) is 12.8. The van der Waals surface area contributed by atoms with Crippen molar-refractivity contribution in [1.82, 2.24) is 15.5 Å². The van der Waals surface area contributed by atoms with Gasteiger partial charge < -0.3 is 30.1 Å². The lowest BCUT2D eigenvalue weighted by atomic mass is 9.99. The van der Waals surface area contributed by atoms with Crippen LogP contribution in [0.15, 0.2) is 55.6 Å². The van der Waals surface area contributed by atoms with E-state index in [-0.39, 0.29) is 50.5 Å². The van der Waals surface area contributed by atoms with Gasteiger partial charge in [-0.2, -0.15) is 0 Å². The first-order chi connectivity index (χ1) is 18.3. The highest BCUT2D eigenvalue weighted by molar-refractivity contribution is 5.86. The smallest absolute Gasteiger partial charge is 0.408 e. The number of benzene rings is 1. The summed E-state index contributed by atoms with van der Waals surface area (Å²) in [6, 6.07) is 7.38. The number of hydrogen-bond donors (Lipinski definition) is 3. The van der Waals surface area contributed by atoms with Crippen LogP contribution in [0.1, 0.15) is 44.6 Å². The topological polar surface area (TPSA) is 134 Å². The number of carbonyl (C=O) groups is 4. The van der Waals surface area contributed by atoms with Crippen molar-refractivity contribution in [1.29, 1.82) is 0 Å². The Labute approximate surface area is 224 Å². The number of likely N-dealkylation sites (tertiary alicyclic amines) is 1. The van der Waals surface area contributed by atoms with Crippen molar-refractivity contribution in [3.05, 3.63) is 61.2 Å². The Morgan fingerprint density at radius 1 is 1.11 bits per heavy atom. The van der Waals surface area contributed by atoms with Crippen LogP contribution < -0.4 is 10.6 Å². The van der Waals surface area contributed by atoms with E-state index in [1.165, 1.54) is 6.08 Å². The molecule has 10 nitrogen and oxygen atoms in total. The van der Waals surface area contributed by atoms with Gasteiger partial charge in [0.2, 0.25) is 11.8 Å². The Balaban J connectivity index is 1.82. The molecule has 0 spiro atoms. The summed E-state index contributed by atoms with van der Waals surface area (Å²) in [5.74, 6) is -1.86. The summed E-state index contributed by atoms with van der Waals surface area (Å²) in [5, 5.41) is 14.7. The Morgan fingerprint density at radius 2 is 1.82 bits per heavy atom. The van der Waals surface area contributed by atoms with Crippen molar-refractivity contribution in [2.75, 3.05) is 19.8 Å². The van der Waals surface area contributed by atoms with Crippen molar-refractivity contribution in [2.24, 2.45) is 5.92 Å². The lowest BCUT2D eigenvalue weighted by Crippen LogP contribution is -2.45. The molecule has 1 aromatic carbocycles. The van der Waals surface area contributed by atoms with Gasteiger partial charge in [-0.25, -0.2) is 9.59 Å². The van der Waals surface area contributed by atoms with E-state index in [0.717, 1.165) is 18.4 Å². The van der Waals surface area contributed by atoms with Crippen molar-refractivity contribution < 1.29 is 33.8 Å². The number of nitrogens with zero attached hydrogens (tertiary/aromatic N) is 1. The number of alkyl carbamates (subject to hydrolysis) is 1. The first kappa shape index (κ1) is 30.6. The molecule has 1 fully saturated rings. The molecule has 4 atom stereocenters. The molecular formula is C28H39N3O7. The van der Waals surface area contributed by atoms with E-state index in [0.29, 0.717) is 13.0 Å². The number of esters is 1. The van der Waals surface area contributed by atoms with Gasteiger partial charge in [-0.3, -0.25) is 9.59 Å².